The maximum atomic E-state index is 13.1. The van der Waals surface area contributed by atoms with Crippen molar-refractivity contribution in [1.29, 1.82) is 0 Å². The summed E-state index contributed by atoms with van der Waals surface area (Å²) < 4.78 is 11.7. The molecule has 2 aromatic carbocycles. The SMILES string of the molecule is Cc1c(-c2ccccc2)oc2c(C(=O)NCC(c3ccco3)N(C)C)cccc2c1=O. The molecule has 6 heteroatoms. The number of carbonyl (C=O) groups is 1. The topological polar surface area (TPSA) is 75.7 Å². The molecule has 31 heavy (non-hydrogen) atoms. The van der Waals surface area contributed by atoms with Crippen molar-refractivity contribution in [1.82, 2.24) is 10.2 Å². The zero-order chi connectivity index (χ0) is 22.0. The zero-order valence-corrected chi connectivity index (χ0v) is 17.7. The van der Waals surface area contributed by atoms with Crippen molar-refractivity contribution in [2.45, 2.75) is 13.0 Å². The third-order valence-corrected chi connectivity index (χ3v) is 5.38. The molecule has 0 aliphatic carbocycles. The molecular formula is C25H24N2O4. The lowest BCUT2D eigenvalue weighted by Crippen LogP contribution is -2.34. The number of hydrogen-bond acceptors (Lipinski definition) is 5. The second kappa shape index (κ2) is 8.62. The lowest BCUT2D eigenvalue weighted by Gasteiger charge is -2.22. The van der Waals surface area contributed by atoms with Crippen molar-refractivity contribution < 1.29 is 13.6 Å². The van der Waals surface area contributed by atoms with Gasteiger partial charge >= 0.3 is 0 Å². The van der Waals surface area contributed by atoms with Crippen LogP contribution in [0.4, 0.5) is 0 Å². The quantitative estimate of drug-likeness (QED) is 0.504. The van der Waals surface area contributed by atoms with Gasteiger partial charge in [-0.1, -0.05) is 36.4 Å². The number of furan rings is 1. The maximum Gasteiger partial charge on any atom is 0.255 e. The molecule has 1 N–H and O–H groups in total. The minimum absolute atomic E-state index is 0.122. The van der Waals surface area contributed by atoms with Crippen LogP contribution in [-0.2, 0) is 0 Å². The molecule has 4 aromatic rings. The van der Waals surface area contributed by atoms with Crippen LogP contribution >= 0.6 is 0 Å². The van der Waals surface area contributed by atoms with Gasteiger partial charge in [-0.3, -0.25) is 14.5 Å². The van der Waals surface area contributed by atoms with Gasteiger partial charge in [0.15, 0.2) is 11.0 Å². The summed E-state index contributed by atoms with van der Waals surface area (Å²) in [5.41, 5.74) is 1.77. The Morgan fingerprint density at radius 1 is 1.03 bits per heavy atom. The smallest absolute Gasteiger partial charge is 0.255 e. The molecule has 0 saturated heterocycles. The first-order valence-corrected chi connectivity index (χ1v) is 10.1. The van der Waals surface area contributed by atoms with Crippen LogP contribution in [0.15, 0.2) is 80.6 Å². The number of carbonyl (C=O) groups excluding carboxylic acids is 1. The summed E-state index contributed by atoms with van der Waals surface area (Å²) in [5, 5.41) is 3.34. The lowest BCUT2D eigenvalue weighted by molar-refractivity contribution is 0.0939. The van der Waals surface area contributed by atoms with E-state index >= 15 is 0 Å². The third-order valence-electron chi connectivity index (χ3n) is 5.38. The Hall–Kier alpha value is -3.64. The van der Waals surface area contributed by atoms with E-state index in [1.54, 1.807) is 31.4 Å². The second-order valence-electron chi connectivity index (χ2n) is 7.64. The van der Waals surface area contributed by atoms with Gasteiger partial charge in [-0.05, 0) is 45.3 Å². The van der Waals surface area contributed by atoms with Gasteiger partial charge in [0.1, 0.15) is 11.5 Å². The van der Waals surface area contributed by atoms with Crippen LogP contribution in [0, 0.1) is 6.92 Å². The van der Waals surface area contributed by atoms with E-state index in [4.69, 9.17) is 8.83 Å². The minimum Gasteiger partial charge on any atom is -0.468 e. The molecule has 0 radical (unpaired) electrons. The van der Waals surface area contributed by atoms with E-state index < -0.39 is 0 Å². The number of nitrogens with zero attached hydrogens (tertiary/aromatic N) is 1. The van der Waals surface area contributed by atoms with Crippen molar-refractivity contribution in [2.24, 2.45) is 0 Å². The summed E-state index contributed by atoms with van der Waals surface area (Å²) in [6.45, 7) is 2.09. The number of hydrogen-bond donors (Lipinski definition) is 1. The van der Waals surface area contributed by atoms with Crippen LogP contribution in [0.5, 0.6) is 0 Å². The van der Waals surface area contributed by atoms with Gasteiger partial charge < -0.3 is 14.2 Å². The summed E-state index contributed by atoms with van der Waals surface area (Å²) in [6.07, 6.45) is 1.61. The zero-order valence-electron chi connectivity index (χ0n) is 17.7. The van der Waals surface area contributed by atoms with Gasteiger partial charge in [0, 0.05) is 17.7 Å². The maximum absolute atomic E-state index is 13.1. The van der Waals surface area contributed by atoms with Gasteiger partial charge in [-0.15, -0.1) is 0 Å². The fraction of sp³-hybridized carbons (Fsp3) is 0.200. The molecule has 6 nitrogen and oxygen atoms in total. The predicted molar refractivity (Wildman–Crippen MR) is 120 cm³/mol. The molecule has 0 bridgehead atoms. The first kappa shape index (κ1) is 20.6. The average molecular weight is 416 g/mol. The number of rotatable bonds is 6. The molecule has 1 amide bonds. The Bertz CT molecular complexity index is 1260. The van der Waals surface area contributed by atoms with E-state index in [2.05, 4.69) is 5.32 Å². The summed E-state index contributed by atoms with van der Waals surface area (Å²) >= 11 is 0. The molecule has 1 atom stereocenters. The van der Waals surface area contributed by atoms with Crippen LogP contribution in [0.1, 0.15) is 27.7 Å². The number of likely N-dealkylation sites (N-methyl/N-ethyl adjacent to an activating group) is 1. The predicted octanol–water partition coefficient (Wildman–Crippen LogP) is 4.39. The summed E-state index contributed by atoms with van der Waals surface area (Å²) in [7, 11) is 3.84. The molecule has 1 unspecified atom stereocenters. The number of para-hydroxylation sites is 1. The van der Waals surface area contributed by atoms with E-state index in [1.807, 2.05) is 61.5 Å². The van der Waals surface area contributed by atoms with Gasteiger partial charge in [0.2, 0.25) is 0 Å². The molecule has 0 spiro atoms. The number of benzene rings is 2. The standard InChI is InChI=1S/C25H24N2O4/c1-16-22(28)18-11-7-12-19(24(18)31-23(16)17-9-5-4-6-10-17)25(29)26-15-20(27(2)3)21-13-8-14-30-21/h4-14,20H,15H2,1-3H3,(H,26,29). The van der Waals surface area contributed by atoms with Crippen LogP contribution in [0.2, 0.25) is 0 Å². The van der Waals surface area contributed by atoms with E-state index in [1.165, 1.54) is 0 Å². The van der Waals surface area contributed by atoms with Crippen molar-refractivity contribution in [3.63, 3.8) is 0 Å². The molecule has 0 aliphatic heterocycles. The molecule has 2 aromatic heterocycles. The van der Waals surface area contributed by atoms with Crippen LogP contribution in [-0.4, -0.2) is 31.4 Å². The fourth-order valence-electron chi connectivity index (χ4n) is 3.66. The molecule has 0 aliphatic rings. The van der Waals surface area contributed by atoms with Gasteiger partial charge in [-0.25, -0.2) is 0 Å². The Morgan fingerprint density at radius 2 is 1.81 bits per heavy atom. The largest absolute Gasteiger partial charge is 0.468 e. The Kier molecular flexibility index (Phi) is 5.73. The van der Waals surface area contributed by atoms with Crippen molar-refractivity contribution in [2.75, 3.05) is 20.6 Å². The Labute approximate surface area is 180 Å². The highest BCUT2D eigenvalue weighted by Crippen LogP contribution is 2.27. The second-order valence-corrected chi connectivity index (χ2v) is 7.64. The highest BCUT2D eigenvalue weighted by atomic mass is 16.3. The van der Waals surface area contributed by atoms with E-state index in [0.717, 1.165) is 11.3 Å². The van der Waals surface area contributed by atoms with Gasteiger partial charge in [0.05, 0.1) is 23.3 Å². The highest BCUT2D eigenvalue weighted by molar-refractivity contribution is 6.05. The first-order valence-electron chi connectivity index (χ1n) is 10.1. The highest BCUT2D eigenvalue weighted by Gasteiger charge is 2.21. The van der Waals surface area contributed by atoms with Crippen molar-refractivity contribution in [3.05, 3.63) is 94.0 Å². The summed E-state index contributed by atoms with van der Waals surface area (Å²) in [5.74, 6) is 0.923. The normalized spacial score (nSPS) is 12.3. The lowest BCUT2D eigenvalue weighted by atomic mass is 10.0. The minimum atomic E-state index is -0.310. The van der Waals surface area contributed by atoms with Gasteiger partial charge in [0.25, 0.3) is 5.91 Å². The monoisotopic (exact) mass is 416 g/mol. The number of fused-ring (bicyclic) bond motifs is 1. The summed E-state index contributed by atoms with van der Waals surface area (Å²) in [4.78, 5) is 28.0. The third kappa shape index (κ3) is 4.02. The fourth-order valence-corrected chi connectivity index (χ4v) is 3.66. The van der Waals surface area contributed by atoms with Crippen LogP contribution in [0.25, 0.3) is 22.3 Å². The van der Waals surface area contributed by atoms with E-state index in [-0.39, 0.29) is 23.0 Å². The average Bonchev–Trinajstić information content (AvgIpc) is 3.30. The molecule has 2 heterocycles. The number of amides is 1. The van der Waals surface area contributed by atoms with Crippen molar-refractivity contribution >= 4 is 16.9 Å². The van der Waals surface area contributed by atoms with E-state index in [9.17, 15) is 9.59 Å². The molecule has 0 fully saturated rings. The Balaban J connectivity index is 1.71. The van der Waals surface area contributed by atoms with Crippen LogP contribution < -0.4 is 10.7 Å². The summed E-state index contributed by atoms with van der Waals surface area (Å²) in [6, 6.07) is 18.1. The molecular weight excluding hydrogens is 392 g/mol. The van der Waals surface area contributed by atoms with Crippen molar-refractivity contribution in [3.8, 4) is 11.3 Å². The van der Waals surface area contributed by atoms with E-state index in [0.29, 0.717) is 28.8 Å². The molecule has 0 saturated carbocycles. The first-order chi connectivity index (χ1) is 15.0. The molecule has 4 rings (SSSR count). The van der Waals surface area contributed by atoms with Gasteiger partial charge in [-0.2, -0.15) is 0 Å². The number of nitrogens with one attached hydrogen (secondary N) is 1. The Morgan fingerprint density at radius 3 is 2.48 bits per heavy atom. The molecule has 158 valence electrons. The van der Waals surface area contributed by atoms with Crippen LogP contribution in [0.3, 0.4) is 0 Å².